The van der Waals surface area contributed by atoms with E-state index in [1.807, 2.05) is 54.1 Å². The van der Waals surface area contributed by atoms with Gasteiger partial charge in [0.25, 0.3) is 0 Å². The van der Waals surface area contributed by atoms with E-state index in [0.29, 0.717) is 28.2 Å². The molecule has 1 fully saturated rings. The van der Waals surface area contributed by atoms with Gasteiger partial charge in [-0.15, -0.1) is 0 Å². The van der Waals surface area contributed by atoms with Crippen molar-refractivity contribution in [1.29, 1.82) is 0 Å². The number of ketones is 1. The molecular formula is C24H22N4O2. The van der Waals surface area contributed by atoms with Crippen LogP contribution in [0.25, 0.3) is 11.0 Å². The summed E-state index contributed by atoms with van der Waals surface area (Å²) in [6.07, 6.45) is 6.20. The van der Waals surface area contributed by atoms with Gasteiger partial charge >= 0.3 is 0 Å². The summed E-state index contributed by atoms with van der Waals surface area (Å²) in [5, 5.41) is 5.43. The third-order valence-electron chi connectivity index (χ3n) is 5.53. The first kappa shape index (κ1) is 18.5. The molecule has 0 spiro atoms. The first-order valence-corrected chi connectivity index (χ1v) is 10.3. The molecule has 1 saturated carbocycles. The molecule has 0 amide bonds. The molecule has 0 aliphatic heterocycles. The van der Waals surface area contributed by atoms with E-state index in [1.165, 1.54) is 12.8 Å². The molecule has 4 aromatic rings. The van der Waals surface area contributed by atoms with Crippen LogP contribution in [-0.2, 0) is 0 Å². The zero-order valence-corrected chi connectivity index (χ0v) is 16.8. The molecule has 0 radical (unpaired) electrons. The van der Waals surface area contributed by atoms with E-state index in [-0.39, 0.29) is 11.8 Å². The molecule has 0 N–H and O–H groups in total. The first-order valence-electron chi connectivity index (χ1n) is 10.3. The third-order valence-corrected chi connectivity index (χ3v) is 5.53. The number of hydrogen-bond donors (Lipinski definition) is 0. The fraction of sp³-hybridized carbons (Fsp3) is 0.250. The Morgan fingerprint density at radius 2 is 1.80 bits per heavy atom. The van der Waals surface area contributed by atoms with Gasteiger partial charge in [0.2, 0.25) is 5.78 Å². The predicted molar refractivity (Wildman–Crippen MR) is 114 cm³/mol. The van der Waals surface area contributed by atoms with Gasteiger partial charge in [0, 0.05) is 11.8 Å². The zero-order chi connectivity index (χ0) is 20.5. The zero-order valence-electron chi connectivity index (χ0n) is 16.8. The average Bonchev–Trinajstić information content (AvgIpc) is 3.42. The number of nitrogens with zero attached hydrogens (tertiary/aromatic N) is 4. The second-order valence-electron chi connectivity index (χ2n) is 7.66. The van der Waals surface area contributed by atoms with Crippen molar-refractivity contribution < 1.29 is 9.53 Å². The number of aromatic nitrogens is 4. The van der Waals surface area contributed by atoms with E-state index in [0.717, 1.165) is 24.2 Å². The van der Waals surface area contributed by atoms with Crippen molar-refractivity contribution in [3.8, 4) is 11.5 Å². The van der Waals surface area contributed by atoms with Crippen LogP contribution in [0.3, 0.4) is 0 Å². The van der Waals surface area contributed by atoms with Crippen molar-refractivity contribution in [2.45, 2.75) is 38.6 Å². The van der Waals surface area contributed by atoms with Crippen molar-refractivity contribution in [2.75, 3.05) is 0 Å². The van der Waals surface area contributed by atoms with Gasteiger partial charge in [-0.25, -0.2) is 14.6 Å². The SMILES string of the molecule is Cc1ncc2c(C(=O)c3cccc(Oc4ccccc4)c3)nn(C3CCCC3)c2n1. The van der Waals surface area contributed by atoms with E-state index < -0.39 is 0 Å². The molecule has 0 saturated heterocycles. The van der Waals surface area contributed by atoms with Crippen LogP contribution in [0.15, 0.2) is 60.8 Å². The number of para-hydroxylation sites is 1. The van der Waals surface area contributed by atoms with Crippen LogP contribution < -0.4 is 4.74 Å². The molecule has 150 valence electrons. The van der Waals surface area contributed by atoms with Crippen LogP contribution in [0.1, 0.15) is 53.6 Å². The number of benzene rings is 2. The van der Waals surface area contributed by atoms with Crippen molar-refractivity contribution in [3.63, 3.8) is 0 Å². The smallest absolute Gasteiger partial charge is 0.214 e. The van der Waals surface area contributed by atoms with Crippen molar-refractivity contribution in [1.82, 2.24) is 19.7 Å². The van der Waals surface area contributed by atoms with Crippen molar-refractivity contribution in [3.05, 3.63) is 77.9 Å². The van der Waals surface area contributed by atoms with Crippen LogP contribution in [0.5, 0.6) is 11.5 Å². The average molecular weight is 398 g/mol. The molecule has 2 aromatic heterocycles. The van der Waals surface area contributed by atoms with Gasteiger partial charge in [-0.1, -0.05) is 43.2 Å². The van der Waals surface area contributed by atoms with Gasteiger partial charge in [-0.3, -0.25) is 4.79 Å². The summed E-state index contributed by atoms with van der Waals surface area (Å²) in [6, 6.07) is 17.0. The normalized spacial score (nSPS) is 14.3. The van der Waals surface area contributed by atoms with Crippen LogP contribution in [0.4, 0.5) is 0 Å². The summed E-state index contributed by atoms with van der Waals surface area (Å²) >= 11 is 0. The summed E-state index contributed by atoms with van der Waals surface area (Å²) in [5.74, 6) is 1.86. The Kier molecular flexibility index (Phi) is 4.75. The quantitative estimate of drug-likeness (QED) is 0.428. The molecule has 1 aliphatic rings. The van der Waals surface area contributed by atoms with Gasteiger partial charge < -0.3 is 4.74 Å². The van der Waals surface area contributed by atoms with Crippen LogP contribution in [0.2, 0.25) is 0 Å². The Hall–Kier alpha value is -3.54. The van der Waals surface area contributed by atoms with E-state index >= 15 is 0 Å². The molecule has 0 unspecified atom stereocenters. The lowest BCUT2D eigenvalue weighted by Gasteiger charge is -2.10. The number of fused-ring (bicyclic) bond motifs is 1. The second kappa shape index (κ2) is 7.71. The lowest BCUT2D eigenvalue weighted by molar-refractivity contribution is 0.103. The maximum Gasteiger partial charge on any atom is 0.214 e. The minimum Gasteiger partial charge on any atom is -0.457 e. The minimum absolute atomic E-state index is 0.150. The lowest BCUT2D eigenvalue weighted by Crippen LogP contribution is -2.09. The minimum atomic E-state index is -0.150. The first-order chi connectivity index (χ1) is 14.7. The van der Waals surface area contributed by atoms with Crippen LogP contribution >= 0.6 is 0 Å². The Balaban J connectivity index is 1.53. The van der Waals surface area contributed by atoms with Gasteiger partial charge in [-0.2, -0.15) is 5.10 Å². The molecular weight excluding hydrogens is 376 g/mol. The predicted octanol–water partition coefficient (Wildman–Crippen LogP) is 5.27. The Morgan fingerprint density at radius 3 is 2.60 bits per heavy atom. The number of carbonyl (C=O) groups excluding carboxylic acids is 1. The fourth-order valence-electron chi connectivity index (χ4n) is 4.04. The second-order valence-corrected chi connectivity index (χ2v) is 7.66. The topological polar surface area (TPSA) is 69.9 Å². The van der Waals surface area contributed by atoms with Gasteiger partial charge in [0.1, 0.15) is 23.0 Å². The third kappa shape index (κ3) is 3.45. The van der Waals surface area contributed by atoms with E-state index in [1.54, 1.807) is 18.3 Å². The molecule has 0 atom stereocenters. The molecule has 1 aliphatic carbocycles. The summed E-state index contributed by atoms with van der Waals surface area (Å²) in [5.41, 5.74) is 1.67. The lowest BCUT2D eigenvalue weighted by atomic mass is 10.1. The van der Waals surface area contributed by atoms with Crippen LogP contribution in [0, 0.1) is 6.92 Å². The number of aryl methyl sites for hydroxylation is 1. The van der Waals surface area contributed by atoms with E-state index in [4.69, 9.17) is 9.84 Å². The van der Waals surface area contributed by atoms with Gasteiger partial charge in [-0.05, 0) is 44.0 Å². The Bertz CT molecular complexity index is 1210. The van der Waals surface area contributed by atoms with Crippen molar-refractivity contribution in [2.24, 2.45) is 0 Å². The number of carbonyl (C=O) groups is 1. The number of hydrogen-bond acceptors (Lipinski definition) is 5. The molecule has 6 heteroatoms. The Morgan fingerprint density at radius 1 is 1.03 bits per heavy atom. The van der Waals surface area contributed by atoms with E-state index in [9.17, 15) is 4.79 Å². The Labute approximate surface area is 174 Å². The highest BCUT2D eigenvalue weighted by atomic mass is 16.5. The highest BCUT2D eigenvalue weighted by Gasteiger charge is 2.26. The fourth-order valence-corrected chi connectivity index (χ4v) is 4.04. The summed E-state index contributed by atoms with van der Waals surface area (Å²) in [6.45, 7) is 1.86. The number of ether oxygens (including phenoxy) is 1. The molecule has 2 aromatic carbocycles. The summed E-state index contributed by atoms with van der Waals surface area (Å²) in [4.78, 5) is 22.3. The molecule has 6 nitrogen and oxygen atoms in total. The van der Waals surface area contributed by atoms with E-state index in [2.05, 4.69) is 9.97 Å². The standard InChI is InChI=1S/C24H22N4O2/c1-16-25-15-21-22(27-28(24(21)26-16)18-9-5-6-10-18)23(29)17-8-7-13-20(14-17)30-19-11-3-2-4-12-19/h2-4,7-8,11-15,18H,5-6,9-10H2,1H3. The molecule has 5 rings (SSSR count). The number of rotatable bonds is 5. The molecule has 2 heterocycles. The molecule has 0 bridgehead atoms. The largest absolute Gasteiger partial charge is 0.457 e. The highest BCUT2D eigenvalue weighted by Crippen LogP contribution is 2.33. The summed E-state index contributed by atoms with van der Waals surface area (Å²) < 4.78 is 7.83. The highest BCUT2D eigenvalue weighted by molar-refractivity contribution is 6.14. The molecule has 30 heavy (non-hydrogen) atoms. The van der Waals surface area contributed by atoms with Gasteiger partial charge in [0.15, 0.2) is 5.65 Å². The maximum atomic E-state index is 13.4. The van der Waals surface area contributed by atoms with Crippen molar-refractivity contribution >= 4 is 16.8 Å². The summed E-state index contributed by atoms with van der Waals surface area (Å²) in [7, 11) is 0. The van der Waals surface area contributed by atoms with Gasteiger partial charge in [0.05, 0.1) is 11.4 Å². The monoisotopic (exact) mass is 398 g/mol. The maximum absolute atomic E-state index is 13.4. The van der Waals surface area contributed by atoms with Crippen LogP contribution in [-0.4, -0.2) is 25.5 Å².